The Morgan fingerprint density at radius 1 is 1.29 bits per heavy atom. The Balaban J connectivity index is 1.77. The lowest BCUT2D eigenvalue weighted by molar-refractivity contribution is 0.133. The van der Waals surface area contributed by atoms with Crippen LogP contribution in [0.4, 0.5) is 11.6 Å². The summed E-state index contributed by atoms with van der Waals surface area (Å²) in [5.41, 5.74) is 0. The third kappa shape index (κ3) is 3.43. The summed E-state index contributed by atoms with van der Waals surface area (Å²) in [5.74, 6) is 2.02. The van der Waals surface area contributed by atoms with Gasteiger partial charge in [0.05, 0.1) is 0 Å². The zero-order valence-corrected chi connectivity index (χ0v) is 13.8. The minimum absolute atomic E-state index is 0.711. The number of aromatic nitrogens is 2. The van der Waals surface area contributed by atoms with E-state index in [1.807, 2.05) is 6.26 Å². The van der Waals surface area contributed by atoms with Crippen molar-refractivity contribution in [2.45, 2.75) is 37.4 Å². The van der Waals surface area contributed by atoms with E-state index in [4.69, 9.17) is 4.98 Å². The van der Waals surface area contributed by atoms with Crippen LogP contribution in [-0.4, -0.2) is 59.9 Å². The number of hydrogen-bond donors (Lipinski definition) is 1. The minimum atomic E-state index is 0.711. The lowest BCUT2D eigenvalue weighted by Crippen LogP contribution is -2.55. The average molecular weight is 307 g/mol. The molecule has 3 heterocycles. The highest BCUT2D eigenvalue weighted by atomic mass is 32.2. The largest absolute Gasteiger partial charge is 0.370 e. The number of nitrogens with zero attached hydrogens (tertiary/aromatic N) is 4. The molecule has 1 N–H and O–H groups in total. The van der Waals surface area contributed by atoms with Crippen LogP contribution in [0.5, 0.6) is 0 Å². The van der Waals surface area contributed by atoms with Gasteiger partial charge in [0.15, 0.2) is 5.16 Å². The molecule has 1 aromatic rings. The standard InChI is InChI=1S/C15H25N5S/c1-3-16-13-10-14(18-15(17-13)21-2)20-9-8-19-7-5-4-6-12(19)11-20/h10,12H,3-9,11H2,1-2H3,(H,16,17,18). The Bertz CT molecular complexity index is 481. The van der Waals surface area contributed by atoms with Gasteiger partial charge in [0.1, 0.15) is 11.6 Å². The van der Waals surface area contributed by atoms with E-state index >= 15 is 0 Å². The van der Waals surface area contributed by atoms with E-state index in [0.29, 0.717) is 6.04 Å². The first-order valence-corrected chi connectivity index (χ1v) is 9.18. The number of thioether (sulfide) groups is 1. The van der Waals surface area contributed by atoms with Crippen LogP contribution in [0.25, 0.3) is 0 Å². The summed E-state index contributed by atoms with van der Waals surface area (Å²) in [6.45, 7) is 7.62. The lowest BCUT2D eigenvalue weighted by Gasteiger charge is -2.44. The fourth-order valence-electron chi connectivity index (χ4n) is 3.30. The van der Waals surface area contributed by atoms with Crippen molar-refractivity contribution in [3.63, 3.8) is 0 Å². The van der Waals surface area contributed by atoms with Crippen LogP contribution in [0, 0.1) is 0 Å². The topological polar surface area (TPSA) is 44.3 Å². The van der Waals surface area contributed by atoms with Crippen LogP contribution in [0.3, 0.4) is 0 Å². The highest BCUT2D eigenvalue weighted by Crippen LogP contribution is 2.26. The summed E-state index contributed by atoms with van der Waals surface area (Å²) in [6.07, 6.45) is 6.10. The van der Waals surface area contributed by atoms with Crippen LogP contribution < -0.4 is 10.2 Å². The second kappa shape index (κ2) is 6.83. The third-order valence-corrected chi connectivity index (χ3v) is 4.94. The normalized spacial score (nSPS) is 23.0. The highest BCUT2D eigenvalue weighted by Gasteiger charge is 2.29. The molecule has 116 valence electrons. The highest BCUT2D eigenvalue weighted by molar-refractivity contribution is 7.98. The molecule has 2 aliphatic rings. The van der Waals surface area contributed by atoms with Gasteiger partial charge in [-0.2, -0.15) is 0 Å². The first-order valence-electron chi connectivity index (χ1n) is 7.96. The van der Waals surface area contributed by atoms with Gasteiger partial charge in [-0.3, -0.25) is 4.90 Å². The molecule has 0 bridgehead atoms. The van der Waals surface area contributed by atoms with E-state index in [2.05, 4.69) is 33.1 Å². The molecule has 6 heteroatoms. The Hall–Kier alpha value is -1.01. The molecule has 5 nitrogen and oxygen atoms in total. The SMILES string of the molecule is CCNc1cc(N2CCN3CCCCC3C2)nc(SC)n1. The molecule has 2 saturated heterocycles. The fraction of sp³-hybridized carbons (Fsp3) is 0.733. The van der Waals surface area contributed by atoms with Gasteiger partial charge in [-0.1, -0.05) is 18.2 Å². The monoisotopic (exact) mass is 307 g/mol. The van der Waals surface area contributed by atoms with Crippen LogP contribution in [-0.2, 0) is 0 Å². The van der Waals surface area contributed by atoms with Gasteiger partial charge < -0.3 is 10.2 Å². The quantitative estimate of drug-likeness (QED) is 0.680. The Morgan fingerprint density at radius 2 is 2.19 bits per heavy atom. The molecule has 2 fully saturated rings. The molecule has 1 aromatic heterocycles. The van der Waals surface area contributed by atoms with Crippen molar-refractivity contribution < 1.29 is 0 Å². The number of hydrogen-bond acceptors (Lipinski definition) is 6. The first-order chi connectivity index (χ1) is 10.3. The molecule has 1 unspecified atom stereocenters. The van der Waals surface area contributed by atoms with Crippen molar-refractivity contribution in [2.24, 2.45) is 0 Å². The third-order valence-electron chi connectivity index (χ3n) is 4.39. The van der Waals surface area contributed by atoms with E-state index in [1.165, 1.54) is 32.4 Å². The number of fused-ring (bicyclic) bond motifs is 1. The van der Waals surface area contributed by atoms with Gasteiger partial charge in [-0.25, -0.2) is 9.97 Å². The van der Waals surface area contributed by atoms with Gasteiger partial charge in [0, 0.05) is 38.3 Å². The predicted octanol–water partition coefficient (Wildman–Crippen LogP) is 2.30. The minimum Gasteiger partial charge on any atom is -0.370 e. The van der Waals surface area contributed by atoms with Crippen LogP contribution in [0.1, 0.15) is 26.2 Å². The molecule has 0 spiro atoms. The molecule has 0 amide bonds. The fourth-order valence-corrected chi connectivity index (χ4v) is 3.68. The molecule has 0 saturated carbocycles. The average Bonchev–Trinajstić information content (AvgIpc) is 2.54. The summed E-state index contributed by atoms with van der Waals surface area (Å²) in [7, 11) is 0. The number of rotatable bonds is 4. The van der Waals surface area contributed by atoms with Crippen molar-refractivity contribution in [3.05, 3.63) is 6.07 Å². The Labute approximate surface area is 131 Å². The second-order valence-electron chi connectivity index (χ2n) is 5.76. The van der Waals surface area contributed by atoms with Crippen LogP contribution in [0.2, 0.25) is 0 Å². The van der Waals surface area contributed by atoms with E-state index in [9.17, 15) is 0 Å². The Kier molecular flexibility index (Phi) is 4.85. The van der Waals surface area contributed by atoms with E-state index < -0.39 is 0 Å². The van der Waals surface area contributed by atoms with Gasteiger partial charge in [0.2, 0.25) is 0 Å². The van der Waals surface area contributed by atoms with Crippen molar-refractivity contribution >= 4 is 23.4 Å². The van der Waals surface area contributed by atoms with Crippen LogP contribution >= 0.6 is 11.8 Å². The molecule has 21 heavy (non-hydrogen) atoms. The zero-order valence-electron chi connectivity index (χ0n) is 13.0. The van der Waals surface area contributed by atoms with Gasteiger partial charge in [-0.15, -0.1) is 0 Å². The summed E-state index contributed by atoms with van der Waals surface area (Å²) >= 11 is 1.61. The Morgan fingerprint density at radius 3 is 3.00 bits per heavy atom. The zero-order chi connectivity index (χ0) is 14.7. The molecule has 0 radical (unpaired) electrons. The van der Waals surface area contributed by atoms with E-state index in [1.54, 1.807) is 11.8 Å². The van der Waals surface area contributed by atoms with Gasteiger partial charge in [0.25, 0.3) is 0 Å². The van der Waals surface area contributed by atoms with Crippen LogP contribution in [0.15, 0.2) is 11.2 Å². The molecular formula is C15H25N5S. The van der Waals surface area contributed by atoms with Gasteiger partial charge >= 0.3 is 0 Å². The lowest BCUT2D eigenvalue weighted by atomic mass is 9.99. The maximum atomic E-state index is 4.71. The summed E-state index contributed by atoms with van der Waals surface area (Å²) in [6, 6.07) is 2.81. The molecule has 0 aromatic carbocycles. The van der Waals surface area contributed by atoms with E-state index in [0.717, 1.165) is 36.4 Å². The number of piperidine rings is 1. The molecule has 1 atom stereocenters. The van der Waals surface area contributed by atoms with Gasteiger partial charge in [-0.05, 0) is 32.6 Å². The predicted molar refractivity (Wildman–Crippen MR) is 89.4 cm³/mol. The number of anilines is 2. The molecule has 0 aliphatic carbocycles. The van der Waals surface area contributed by atoms with Crippen molar-refractivity contribution in [2.75, 3.05) is 49.2 Å². The number of piperazine rings is 1. The summed E-state index contributed by atoms with van der Waals surface area (Å²) in [5, 5.41) is 4.17. The number of nitrogens with one attached hydrogen (secondary N) is 1. The van der Waals surface area contributed by atoms with Crippen molar-refractivity contribution in [1.29, 1.82) is 0 Å². The van der Waals surface area contributed by atoms with E-state index in [-0.39, 0.29) is 0 Å². The summed E-state index contributed by atoms with van der Waals surface area (Å²) < 4.78 is 0. The smallest absolute Gasteiger partial charge is 0.191 e. The summed E-state index contributed by atoms with van der Waals surface area (Å²) in [4.78, 5) is 14.3. The molecule has 2 aliphatic heterocycles. The maximum Gasteiger partial charge on any atom is 0.191 e. The molecule has 3 rings (SSSR count). The van der Waals surface area contributed by atoms with Crippen molar-refractivity contribution in [1.82, 2.24) is 14.9 Å². The second-order valence-corrected chi connectivity index (χ2v) is 6.53. The maximum absolute atomic E-state index is 4.71. The van der Waals surface area contributed by atoms with Crippen molar-refractivity contribution in [3.8, 4) is 0 Å². The molecular weight excluding hydrogens is 282 g/mol. The first kappa shape index (κ1) is 14.9.